The highest BCUT2D eigenvalue weighted by Crippen LogP contribution is 2.28. The molecule has 26 heavy (non-hydrogen) atoms. The van der Waals surface area contributed by atoms with Crippen molar-refractivity contribution >= 4 is 11.9 Å². The number of carboxylic acids is 1. The quantitative estimate of drug-likeness (QED) is 0.871. The predicted molar refractivity (Wildman–Crippen MR) is 94.7 cm³/mol. The fourth-order valence-electron chi connectivity index (χ4n) is 3.11. The van der Waals surface area contributed by atoms with E-state index in [9.17, 15) is 9.59 Å². The molecule has 7 nitrogen and oxygen atoms in total. The van der Waals surface area contributed by atoms with Gasteiger partial charge in [-0.1, -0.05) is 38.1 Å². The number of carbonyl (C=O) groups is 2. The number of carboxylic acid groups (broad SMARTS) is 1. The molecule has 2 N–H and O–H groups in total. The van der Waals surface area contributed by atoms with Crippen molar-refractivity contribution in [2.45, 2.75) is 51.5 Å². The van der Waals surface area contributed by atoms with Gasteiger partial charge in [-0.15, -0.1) is 0 Å². The van der Waals surface area contributed by atoms with Gasteiger partial charge >= 0.3 is 5.97 Å². The number of carbonyl (C=O) groups excluding carboxylic acids is 1. The van der Waals surface area contributed by atoms with Crippen LogP contribution in [0.15, 0.2) is 28.8 Å². The zero-order valence-corrected chi connectivity index (χ0v) is 15.2. The molecule has 1 aromatic heterocycles. The molecule has 7 heteroatoms. The molecule has 3 rings (SSSR count). The van der Waals surface area contributed by atoms with Crippen LogP contribution in [0, 0.1) is 5.92 Å². The number of hydrogen-bond donors (Lipinski definition) is 2. The molecule has 1 aliphatic rings. The maximum Gasteiger partial charge on any atom is 0.306 e. The SMILES string of the molecule is CC(C)(C)c1noc(-c2ccccc2C(=O)N[C@@H]2CC[C@H](C(=O)O)C2)n1. The summed E-state index contributed by atoms with van der Waals surface area (Å²) in [6, 6.07) is 6.92. The van der Waals surface area contributed by atoms with Crippen molar-refractivity contribution in [3.8, 4) is 11.5 Å². The largest absolute Gasteiger partial charge is 0.481 e. The average Bonchev–Trinajstić information content (AvgIpc) is 3.24. The number of hydrogen-bond acceptors (Lipinski definition) is 5. The van der Waals surface area contributed by atoms with Crippen molar-refractivity contribution in [3.63, 3.8) is 0 Å². The van der Waals surface area contributed by atoms with E-state index in [0.717, 1.165) is 0 Å². The summed E-state index contributed by atoms with van der Waals surface area (Å²) in [6.07, 6.45) is 1.71. The zero-order chi connectivity index (χ0) is 18.9. The summed E-state index contributed by atoms with van der Waals surface area (Å²) in [4.78, 5) is 28.2. The second-order valence-electron chi connectivity index (χ2n) is 7.74. The lowest BCUT2D eigenvalue weighted by Crippen LogP contribution is -2.33. The van der Waals surface area contributed by atoms with Crippen LogP contribution in [-0.4, -0.2) is 33.2 Å². The van der Waals surface area contributed by atoms with E-state index in [1.54, 1.807) is 18.2 Å². The average molecular weight is 357 g/mol. The summed E-state index contributed by atoms with van der Waals surface area (Å²) < 4.78 is 5.37. The summed E-state index contributed by atoms with van der Waals surface area (Å²) in [7, 11) is 0. The molecule has 1 saturated carbocycles. The van der Waals surface area contributed by atoms with E-state index in [0.29, 0.717) is 42.1 Å². The van der Waals surface area contributed by atoms with Gasteiger partial charge in [0.2, 0.25) is 0 Å². The monoisotopic (exact) mass is 357 g/mol. The first kappa shape index (κ1) is 18.1. The highest BCUT2D eigenvalue weighted by molar-refractivity contribution is 6.00. The Morgan fingerprint density at radius 1 is 1.23 bits per heavy atom. The van der Waals surface area contributed by atoms with Gasteiger partial charge in [-0.3, -0.25) is 9.59 Å². The highest BCUT2D eigenvalue weighted by Gasteiger charge is 2.31. The van der Waals surface area contributed by atoms with Gasteiger partial charge in [0, 0.05) is 11.5 Å². The van der Waals surface area contributed by atoms with Crippen LogP contribution in [0.25, 0.3) is 11.5 Å². The summed E-state index contributed by atoms with van der Waals surface area (Å²) in [5, 5.41) is 16.1. The molecule has 2 atom stereocenters. The van der Waals surface area contributed by atoms with E-state index in [4.69, 9.17) is 9.63 Å². The van der Waals surface area contributed by atoms with Gasteiger partial charge in [-0.25, -0.2) is 0 Å². The first-order valence-electron chi connectivity index (χ1n) is 8.73. The molecule has 0 unspecified atom stereocenters. The summed E-state index contributed by atoms with van der Waals surface area (Å²) in [5.41, 5.74) is 0.755. The van der Waals surface area contributed by atoms with Crippen molar-refractivity contribution in [1.29, 1.82) is 0 Å². The topological polar surface area (TPSA) is 105 Å². The molecule has 138 valence electrons. The highest BCUT2D eigenvalue weighted by atomic mass is 16.5. The smallest absolute Gasteiger partial charge is 0.306 e. The minimum Gasteiger partial charge on any atom is -0.481 e. The lowest BCUT2D eigenvalue weighted by molar-refractivity contribution is -0.141. The third-order valence-corrected chi connectivity index (χ3v) is 4.62. The Kier molecular flexibility index (Phi) is 4.80. The van der Waals surface area contributed by atoms with Gasteiger partial charge in [-0.2, -0.15) is 4.98 Å². The first-order valence-corrected chi connectivity index (χ1v) is 8.73. The van der Waals surface area contributed by atoms with E-state index in [-0.39, 0.29) is 23.3 Å². The Morgan fingerprint density at radius 3 is 2.58 bits per heavy atom. The third kappa shape index (κ3) is 3.76. The maximum atomic E-state index is 12.7. The van der Waals surface area contributed by atoms with Crippen LogP contribution in [0.4, 0.5) is 0 Å². The molecule has 0 bridgehead atoms. The number of nitrogens with zero attached hydrogens (tertiary/aromatic N) is 2. The molecule has 0 radical (unpaired) electrons. The van der Waals surface area contributed by atoms with Crippen LogP contribution in [0.3, 0.4) is 0 Å². The van der Waals surface area contributed by atoms with Crippen LogP contribution in [0.5, 0.6) is 0 Å². The molecule has 1 amide bonds. The number of benzene rings is 1. The minimum atomic E-state index is -0.803. The number of aliphatic carboxylic acids is 1. The van der Waals surface area contributed by atoms with Crippen LogP contribution in [0.1, 0.15) is 56.2 Å². The molecule has 1 heterocycles. The predicted octanol–water partition coefficient (Wildman–Crippen LogP) is 3.02. The molecule has 1 aliphatic carbocycles. The second-order valence-corrected chi connectivity index (χ2v) is 7.74. The number of aromatic nitrogens is 2. The Balaban J connectivity index is 1.80. The molecule has 1 aromatic carbocycles. The molecule has 0 saturated heterocycles. The van der Waals surface area contributed by atoms with Crippen molar-refractivity contribution in [3.05, 3.63) is 35.7 Å². The number of amides is 1. The second kappa shape index (κ2) is 6.90. The number of rotatable bonds is 4. The Hall–Kier alpha value is -2.70. The minimum absolute atomic E-state index is 0.135. The van der Waals surface area contributed by atoms with Gasteiger partial charge in [0.05, 0.1) is 17.0 Å². The standard InChI is InChI=1S/C19H23N3O4/c1-19(2,3)18-21-16(26-22-18)14-7-5-4-6-13(14)15(23)20-12-9-8-11(10-12)17(24)25/h4-7,11-12H,8-10H2,1-3H3,(H,20,23)(H,24,25)/t11-,12+/m0/s1. The Labute approximate surface area is 151 Å². The summed E-state index contributed by atoms with van der Waals surface area (Å²) in [5.74, 6) is -0.575. The van der Waals surface area contributed by atoms with E-state index in [1.165, 1.54) is 0 Å². The van der Waals surface area contributed by atoms with Crippen LogP contribution >= 0.6 is 0 Å². The molecular weight excluding hydrogens is 334 g/mol. The van der Waals surface area contributed by atoms with Gasteiger partial charge in [0.25, 0.3) is 11.8 Å². The lowest BCUT2D eigenvalue weighted by Gasteiger charge is -2.14. The molecular formula is C19H23N3O4. The number of nitrogens with one attached hydrogen (secondary N) is 1. The fourth-order valence-corrected chi connectivity index (χ4v) is 3.11. The first-order chi connectivity index (χ1) is 12.3. The fraction of sp³-hybridized carbons (Fsp3) is 0.474. The van der Waals surface area contributed by atoms with Crippen molar-refractivity contribution in [1.82, 2.24) is 15.5 Å². The summed E-state index contributed by atoms with van der Waals surface area (Å²) >= 11 is 0. The zero-order valence-electron chi connectivity index (χ0n) is 15.2. The van der Waals surface area contributed by atoms with Gasteiger partial charge in [0.15, 0.2) is 5.82 Å². The van der Waals surface area contributed by atoms with Crippen LogP contribution in [-0.2, 0) is 10.2 Å². The third-order valence-electron chi connectivity index (χ3n) is 4.62. The van der Waals surface area contributed by atoms with Crippen LogP contribution in [0.2, 0.25) is 0 Å². The van der Waals surface area contributed by atoms with Gasteiger partial charge in [0.1, 0.15) is 0 Å². The van der Waals surface area contributed by atoms with E-state index in [1.807, 2.05) is 26.8 Å². The van der Waals surface area contributed by atoms with Crippen LogP contribution < -0.4 is 5.32 Å². The Bertz CT molecular complexity index is 822. The van der Waals surface area contributed by atoms with E-state index in [2.05, 4.69) is 15.5 Å². The van der Waals surface area contributed by atoms with Gasteiger partial charge in [-0.05, 0) is 31.4 Å². The molecule has 2 aromatic rings. The molecule has 0 spiro atoms. The van der Waals surface area contributed by atoms with Crippen molar-refractivity contribution in [2.24, 2.45) is 5.92 Å². The van der Waals surface area contributed by atoms with E-state index >= 15 is 0 Å². The van der Waals surface area contributed by atoms with Gasteiger partial charge < -0.3 is 14.9 Å². The Morgan fingerprint density at radius 2 is 1.96 bits per heavy atom. The van der Waals surface area contributed by atoms with E-state index < -0.39 is 5.97 Å². The lowest BCUT2D eigenvalue weighted by atomic mass is 9.96. The normalized spacial score (nSPS) is 20.1. The molecule has 1 fully saturated rings. The summed E-state index contributed by atoms with van der Waals surface area (Å²) in [6.45, 7) is 5.96. The van der Waals surface area contributed by atoms with Crippen molar-refractivity contribution in [2.75, 3.05) is 0 Å². The van der Waals surface area contributed by atoms with Crippen molar-refractivity contribution < 1.29 is 19.2 Å². The maximum absolute atomic E-state index is 12.7. The molecule has 0 aliphatic heterocycles.